The second-order valence-corrected chi connectivity index (χ2v) is 7.00. The van der Waals surface area contributed by atoms with E-state index >= 15 is 0 Å². The molecule has 1 aliphatic carbocycles. The number of ether oxygens (including phenoxy) is 1. The molecule has 20 heavy (non-hydrogen) atoms. The number of nitrogens with one attached hydrogen (secondary N) is 1. The molecule has 0 aromatic heterocycles. The van der Waals surface area contributed by atoms with Crippen molar-refractivity contribution in [1.29, 1.82) is 0 Å². The van der Waals surface area contributed by atoms with Gasteiger partial charge in [-0.3, -0.25) is 0 Å². The summed E-state index contributed by atoms with van der Waals surface area (Å²) in [6, 6.07) is 8.92. The Bertz CT molecular complexity index is 416. The lowest BCUT2D eigenvalue weighted by atomic mass is 9.86. The number of para-hydroxylation sites is 1. The van der Waals surface area contributed by atoms with E-state index in [1.54, 1.807) is 0 Å². The molecule has 1 atom stereocenters. The van der Waals surface area contributed by atoms with E-state index in [1.165, 1.54) is 31.2 Å². The highest BCUT2D eigenvalue weighted by Crippen LogP contribution is 2.32. The van der Waals surface area contributed by atoms with Crippen LogP contribution in [0.1, 0.15) is 52.0 Å². The van der Waals surface area contributed by atoms with Crippen molar-refractivity contribution in [2.75, 3.05) is 13.7 Å². The van der Waals surface area contributed by atoms with Gasteiger partial charge in [0.05, 0.1) is 0 Å². The number of benzene rings is 1. The summed E-state index contributed by atoms with van der Waals surface area (Å²) in [6.45, 7) is 7.49. The number of rotatable bonds is 5. The fourth-order valence-corrected chi connectivity index (χ4v) is 3.21. The molecule has 1 saturated carbocycles. The first kappa shape index (κ1) is 15.4. The Morgan fingerprint density at radius 2 is 1.85 bits per heavy atom. The molecule has 1 aromatic carbocycles. The van der Waals surface area contributed by atoms with Crippen LogP contribution in [0.5, 0.6) is 5.75 Å². The fourth-order valence-electron chi connectivity index (χ4n) is 3.21. The zero-order valence-electron chi connectivity index (χ0n) is 13.4. The molecule has 0 amide bonds. The molecule has 0 saturated heterocycles. The van der Waals surface area contributed by atoms with Crippen LogP contribution in [0, 0.1) is 5.92 Å². The van der Waals surface area contributed by atoms with Crippen molar-refractivity contribution in [3.8, 4) is 5.75 Å². The molecule has 0 aliphatic heterocycles. The molecule has 0 radical (unpaired) electrons. The monoisotopic (exact) mass is 275 g/mol. The molecule has 0 heterocycles. The van der Waals surface area contributed by atoms with Gasteiger partial charge in [0.1, 0.15) is 12.4 Å². The van der Waals surface area contributed by atoms with Crippen LogP contribution in [-0.4, -0.2) is 19.7 Å². The topological polar surface area (TPSA) is 21.3 Å². The minimum atomic E-state index is 0.124. The van der Waals surface area contributed by atoms with Crippen molar-refractivity contribution in [2.24, 2.45) is 5.92 Å². The highest BCUT2D eigenvalue weighted by molar-refractivity contribution is 5.38. The van der Waals surface area contributed by atoms with Crippen molar-refractivity contribution in [2.45, 2.75) is 57.9 Å². The van der Waals surface area contributed by atoms with Gasteiger partial charge in [0, 0.05) is 6.04 Å². The van der Waals surface area contributed by atoms with Gasteiger partial charge in [-0.05, 0) is 42.9 Å². The van der Waals surface area contributed by atoms with E-state index in [0.29, 0.717) is 6.04 Å². The van der Waals surface area contributed by atoms with E-state index in [-0.39, 0.29) is 5.41 Å². The summed E-state index contributed by atoms with van der Waals surface area (Å²) < 4.78 is 6.17. The first-order chi connectivity index (χ1) is 9.52. The number of likely N-dealkylation sites (N-methyl/N-ethyl adjacent to an activating group) is 1. The molecule has 1 unspecified atom stereocenters. The maximum atomic E-state index is 6.17. The van der Waals surface area contributed by atoms with E-state index in [4.69, 9.17) is 4.74 Å². The van der Waals surface area contributed by atoms with Crippen LogP contribution in [0.2, 0.25) is 0 Å². The highest BCUT2D eigenvalue weighted by Gasteiger charge is 2.25. The van der Waals surface area contributed by atoms with Crippen molar-refractivity contribution in [3.05, 3.63) is 29.8 Å². The van der Waals surface area contributed by atoms with Gasteiger partial charge in [-0.2, -0.15) is 0 Å². The van der Waals surface area contributed by atoms with Crippen molar-refractivity contribution in [1.82, 2.24) is 5.32 Å². The van der Waals surface area contributed by atoms with Crippen LogP contribution < -0.4 is 10.1 Å². The van der Waals surface area contributed by atoms with E-state index in [9.17, 15) is 0 Å². The lowest BCUT2D eigenvalue weighted by Crippen LogP contribution is -2.38. The Hall–Kier alpha value is -1.02. The first-order valence-electron chi connectivity index (χ1n) is 7.92. The van der Waals surface area contributed by atoms with Crippen LogP contribution >= 0.6 is 0 Å². The summed E-state index contributed by atoms with van der Waals surface area (Å²) in [6.07, 6.45) is 5.44. The molecule has 1 aliphatic rings. The van der Waals surface area contributed by atoms with Crippen LogP contribution in [0.3, 0.4) is 0 Å². The predicted octanol–water partition coefficient (Wildman–Crippen LogP) is 4.14. The summed E-state index contributed by atoms with van der Waals surface area (Å²) in [5.74, 6) is 1.82. The summed E-state index contributed by atoms with van der Waals surface area (Å²) >= 11 is 0. The zero-order valence-corrected chi connectivity index (χ0v) is 13.4. The second-order valence-electron chi connectivity index (χ2n) is 7.00. The van der Waals surface area contributed by atoms with Gasteiger partial charge in [0.15, 0.2) is 0 Å². The normalized spacial score (nSPS) is 18.2. The molecule has 1 N–H and O–H groups in total. The zero-order chi connectivity index (χ0) is 14.6. The summed E-state index contributed by atoms with van der Waals surface area (Å²) in [4.78, 5) is 0. The third-order valence-corrected chi connectivity index (χ3v) is 4.45. The average Bonchev–Trinajstić information content (AvgIpc) is 2.93. The van der Waals surface area contributed by atoms with Gasteiger partial charge in [0.2, 0.25) is 0 Å². The van der Waals surface area contributed by atoms with E-state index in [1.807, 2.05) is 0 Å². The van der Waals surface area contributed by atoms with Crippen molar-refractivity contribution < 1.29 is 4.74 Å². The highest BCUT2D eigenvalue weighted by atomic mass is 16.5. The maximum absolute atomic E-state index is 6.17. The molecule has 1 fully saturated rings. The number of hydrogen-bond acceptors (Lipinski definition) is 2. The van der Waals surface area contributed by atoms with E-state index in [2.05, 4.69) is 57.4 Å². The molecule has 0 spiro atoms. The molecule has 2 nitrogen and oxygen atoms in total. The smallest absolute Gasteiger partial charge is 0.123 e. The van der Waals surface area contributed by atoms with Gasteiger partial charge >= 0.3 is 0 Å². The summed E-state index contributed by atoms with van der Waals surface area (Å²) in [5, 5.41) is 3.45. The Morgan fingerprint density at radius 1 is 1.20 bits per heavy atom. The summed E-state index contributed by atoms with van der Waals surface area (Å²) in [7, 11) is 2.06. The number of hydrogen-bond donors (Lipinski definition) is 1. The summed E-state index contributed by atoms with van der Waals surface area (Å²) in [5.41, 5.74) is 1.42. The van der Waals surface area contributed by atoms with Gasteiger partial charge in [-0.25, -0.2) is 0 Å². The Labute approximate surface area is 123 Å². The Balaban J connectivity index is 2.02. The quantitative estimate of drug-likeness (QED) is 0.872. The molecule has 2 heteroatoms. The van der Waals surface area contributed by atoms with Crippen molar-refractivity contribution >= 4 is 0 Å². The molecular formula is C18H29NO. The Morgan fingerprint density at radius 3 is 2.45 bits per heavy atom. The third-order valence-electron chi connectivity index (χ3n) is 4.45. The van der Waals surface area contributed by atoms with Gasteiger partial charge in [-0.15, -0.1) is 0 Å². The minimum Gasteiger partial charge on any atom is -0.492 e. The van der Waals surface area contributed by atoms with Crippen molar-refractivity contribution in [3.63, 3.8) is 0 Å². The molecule has 0 bridgehead atoms. The largest absolute Gasteiger partial charge is 0.492 e. The van der Waals surface area contributed by atoms with Crippen LogP contribution in [0.25, 0.3) is 0 Å². The van der Waals surface area contributed by atoms with Crippen LogP contribution in [0.15, 0.2) is 24.3 Å². The average molecular weight is 275 g/mol. The maximum Gasteiger partial charge on any atom is 0.123 e. The van der Waals surface area contributed by atoms with Gasteiger partial charge in [0.25, 0.3) is 0 Å². The van der Waals surface area contributed by atoms with Crippen LogP contribution in [0.4, 0.5) is 0 Å². The van der Waals surface area contributed by atoms with E-state index < -0.39 is 0 Å². The Kier molecular flexibility index (Phi) is 5.09. The van der Waals surface area contributed by atoms with Crippen LogP contribution in [-0.2, 0) is 5.41 Å². The standard InChI is InChI=1S/C18H29NO/c1-18(2,3)15-11-7-8-12-17(15)20-13-16(19-4)14-9-5-6-10-14/h7-8,11-12,14,16,19H,5-6,9-10,13H2,1-4H3. The fraction of sp³-hybridized carbons (Fsp3) is 0.667. The SMILES string of the molecule is CNC(COc1ccccc1C(C)(C)C)C1CCCC1. The van der Waals surface area contributed by atoms with Gasteiger partial charge < -0.3 is 10.1 Å². The molecule has 112 valence electrons. The minimum absolute atomic E-state index is 0.124. The lowest BCUT2D eigenvalue weighted by molar-refractivity contribution is 0.221. The second kappa shape index (κ2) is 6.62. The lowest BCUT2D eigenvalue weighted by Gasteiger charge is -2.26. The molecule has 2 rings (SSSR count). The third kappa shape index (κ3) is 3.76. The first-order valence-corrected chi connectivity index (χ1v) is 7.92. The molecule has 1 aromatic rings. The predicted molar refractivity (Wildman–Crippen MR) is 85.4 cm³/mol. The molecular weight excluding hydrogens is 246 g/mol. The van der Waals surface area contributed by atoms with E-state index in [0.717, 1.165) is 18.3 Å². The van der Waals surface area contributed by atoms with Gasteiger partial charge in [-0.1, -0.05) is 51.8 Å².